The monoisotopic (exact) mass is 302 g/mol. The van der Waals surface area contributed by atoms with E-state index in [1.807, 2.05) is 0 Å². The molecule has 1 N–H and O–H groups in total. The van der Waals surface area contributed by atoms with Crippen molar-refractivity contribution in [1.82, 2.24) is 9.55 Å². The first-order valence-corrected chi connectivity index (χ1v) is 8.00. The van der Waals surface area contributed by atoms with Gasteiger partial charge in [-0.2, -0.15) is 0 Å². The van der Waals surface area contributed by atoms with Gasteiger partial charge in [-0.3, -0.25) is 9.36 Å². The Labute approximate surface area is 128 Å². The Bertz CT molecular complexity index is 762. The number of H-pyrrole nitrogens is 1. The van der Waals surface area contributed by atoms with Crippen LogP contribution in [0.1, 0.15) is 32.6 Å². The zero-order valence-electron chi connectivity index (χ0n) is 12.9. The predicted octanol–water partition coefficient (Wildman–Crippen LogP) is 2.29. The second-order valence-electron chi connectivity index (χ2n) is 6.10. The molecule has 1 aromatic carbocycles. The number of aromatic amines is 1. The normalized spacial score (nSPS) is 22.0. The summed E-state index contributed by atoms with van der Waals surface area (Å²) in [6.45, 7) is 2.90. The molecule has 5 heteroatoms. The van der Waals surface area contributed by atoms with Gasteiger partial charge in [0.1, 0.15) is 0 Å². The molecule has 0 aliphatic heterocycles. The smallest absolute Gasteiger partial charge is 0.328 e. The summed E-state index contributed by atoms with van der Waals surface area (Å²) in [5, 5.41) is 0.535. The zero-order chi connectivity index (χ0) is 15.5. The molecule has 1 saturated carbocycles. The topological polar surface area (TPSA) is 64.1 Å². The average molecular weight is 302 g/mol. The van der Waals surface area contributed by atoms with Gasteiger partial charge in [0, 0.05) is 0 Å². The molecule has 1 aliphatic carbocycles. The summed E-state index contributed by atoms with van der Waals surface area (Å²) < 4.78 is 7.14. The molecular formula is C17H22N2O3. The Morgan fingerprint density at radius 3 is 2.82 bits per heavy atom. The maximum atomic E-state index is 12.4. The van der Waals surface area contributed by atoms with E-state index in [-0.39, 0.29) is 17.4 Å². The molecule has 1 fully saturated rings. The van der Waals surface area contributed by atoms with Crippen LogP contribution in [-0.2, 0) is 11.3 Å². The minimum Gasteiger partial charge on any atom is -0.376 e. The van der Waals surface area contributed by atoms with E-state index >= 15 is 0 Å². The van der Waals surface area contributed by atoms with Gasteiger partial charge < -0.3 is 9.72 Å². The van der Waals surface area contributed by atoms with Gasteiger partial charge in [0.2, 0.25) is 0 Å². The summed E-state index contributed by atoms with van der Waals surface area (Å²) in [5.74, 6) is 0.556. The fraction of sp³-hybridized carbons (Fsp3) is 0.529. The number of fused-ring (bicyclic) bond motifs is 1. The van der Waals surface area contributed by atoms with E-state index in [1.54, 1.807) is 24.3 Å². The van der Waals surface area contributed by atoms with E-state index in [4.69, 9.17) is 4.74 Å². The second-order valence-corrected chi connectivity index (χ2v) is 6.10. The molecule has 0 spiro atoms. The van der Waals surface area contributed by atoms with Crippen LogP contribution < -0.4 is 11.2 Å². The van der Waals surface area contributed by atoms with Gasteiger partial charge in [0.15, 0.2) is 0 Å². The fourth-order valence-electron chi connectivity index (χ4n) is 3.23. The highest BCUT2D eigenvalue weighted by atomic mass is 16.5. The van der Waals surface area contributed by atoms with E-state index in [0.717, 1.165) is 6.42 Å². The lowest BCUT2D eigenvalue weighted by molar-refractivity contribution is -0.00892. The number of ether oxygens (including phenoxy) is 1. The molecule has 2 atom stereocenters. The number of aromatic nitrogens is 2. The highest BCUT2D eigenvalue weighted by Crippen LogP contribution is 2.26. The molecule has 0 saturated heterocycles. The van der Waals surface area contributed by atoms with Crippen LogP contribution in [0.3, 0.4) is 0 Å². The first kappa shape index (κ1) is 15.0. The number of para-hydroxylation sites is 1. The molecule has 1 aliphatic rings. The van der Waals surface area contributed by atoms with Gasteiger partial charge in [-0.1, -0.05) is 31.9 Å². The van der Waals surface area contributed by atoms with Crippen molar-refractivity contribution in [3.8, 4) is 0 Å². The maximum absolute atomic E-state index is 12.4. The van der Waals surface area contributed by atoms with Gasteiger partial charge in [-0.15, -0.1) is 0 Å². The molecule has 118 valence electrons. The Balaban J connectivity index is 1.74. The lowest BCUT2D eigenvalue weighted by Crippen LogP contribution is -2.37. The standard InChI is InChI=1S/C17H22N2O3/c1-12-6-2-5-9-15(12)22-11-10-19-16(20)13-7-3-4-8-14(13)18-17(19)21/h3-4,7-8,12,15H,2,5-6,9-11H2,1H3,(H,18,21)/t12-,15+/m0/s1. The van der Waals surface area contributed by atoms with Crippen LogP contribution >= 0.6 is 0 Å². The molecular weight excluding hydrogens is 280 g/mol. The molecule has 22 heavy (non-hydrogen) atoms. The van der Waals surface area contributed by atoms with Crippen LogP contribution in [0.5, 0.6) is 0 Å². The van der Waals surface area contributed by atoms with Crippen molar-refractivity contribution in [2.75, 3.05) is 6.61 Å². The number of hydrogen-bond acceptors (Lipinski definition) is 3. The Kier molecular flexibility index (Phi) is 4.43. The summed E-state index contributed by atoms with van der Waals surface area (Å²) in [5.41, 5.74) is -0.0424. The van der Waals surface area contributed by atoms with Gasteiger partial charge >= 0.3 is 5.69 Å². The van der Waals surface area contributed by atoms with Crippen molar-refractivity contribution >= 4 is 10.9 Å². The van der Waals surface area contributed by atoms with E-state index in [9.17, 15) is 9.59 Å². The molecule has 0 radical (unpaired) electrons. The van der Waals surface area contributed by atoms with Crippen molar-refractivity contribution in [3.05, 3.63) is 45.1 Å². The maximum Gasteiger partial charge on any atom is 0.328 e. The average Bonchev–Trinajstić information content (AvgIpc) is 2.52. The SMILES string of the molecule is C[C@H]1CCCC[C@H]1OCCn1c(=O)[nH]c2ccccc2c1=O. The molecule has 0 unspecified atom stereocenters. The minimum atomic E-state index is -0.371. The van der Waals surface area contributed by atoms with Crippen molar-refractivity contribution in [2.24, 2.45) is 5.92 Å². The molecule has 0 amide bonds. The second kappa shape index (κ2) is 6.48. The van der Waals surface area contributed by atoms with Crippen molar-refractivity contribution in [2.45, 2.75) is 45.3 Å². The number of nitrogens with zero attached hydrogens (tertiary/aromatic N) is 1. The summed E-state index contributed by atoms with van der Waals surface area (Å²) in [4.78, 5) is 27.2. The third kappa shape index (κ3) is 2.99. The quantitative estimate of drug-likeness (QED) is 0.942. The largest absolute Gasteiger partial charge is 0.376 e. The Morgan fingerprint density at radius 1 is 1.23 bits per heavy atom. The first-order valence-electron chi connectivity index (χ1n) is 8.00. The number of hydrogen-bond donors (Lipinski definition) is 1. The fourth-order valence-corrected chi connectivity index (χ4v) is 3.23. The lowest BCUT2D eigenvalue weighted by atomic mass is 9.88. The molecule has 1 heterocycles. The van der Waals surface area contributed by atoms with Gasteiger partial charge in [0.05, 0.1) is 30.2 Å². The van der Waals surface area contributed by atoms with Crippen molar-refractivity contribution in [3.63, 3.8) is 0 Å². The Hall–Kier alpha value is -1.88. The summed E-state index contributed by atoms with van der Waals surface area (Å²) in [6.07, 6.45) is 4.99. The van der Waals surface area contributed by atoms with Gasteiger partial charge in [0.25, 0.3) is 5.56 Å². The van der Waals surface area contributed by atoms with Crippen molar-refractivity contribution < 1.29 is 4.74 Å². The predicted molar refractivity (Wildman–Crippen MR) is 86.2 cm³/mol. The summed E-state index contributed by atoms with van der Waals surface area (Å²) in [6, 6.07) is 7.07. The summed E-state index contributed by atoms with van der Waals surface area (Å²) in [7, 11) is 0. The molecule has 5 nitrogen and oxygen atoms in total. The van der Waals surface area contributed by atoms with E-state index < -0.39 is 0 Å². The first-order chi connectivity index (χ1) is 10.7. The van der Waals surface area contributed by atoms with Gasteiger partial charge in [-0.05, 0) is 30.9 Å². The van der Waals surface area contributed by atoms with Crippen molar-refractivity contribution in [1.29, 1.82) is 0 Å². The van der Waals surface area contributed by atoms with E-state index in [0.29, 0.717) is 30.0 Å². The molecule has 2 aromatic rings. The minimum absolute atomic E-state index is 0.250. The molecule has 0 bridgehead atoms. The van der Waals surface area contributed by atoms with Crippen LogP contribution in [0, 0.1) is 5.92 Å². The van der Waals surface area contributed by atoms with Gasteiger partial charge in [-0.25, -0.2) is 4.79 Å². The zero-order valence-corrected chi connectivity index (χ0v) is 12.9. The molecule has 1 aromatic heterocycles. The number of benzene rings is 1. The van der Waals surface area contributed by atoms with Crippen LogP contribution in [0.25, 0.3) is 10.9 Å². The van der Waals surface area contributed by atoms with Crippen LogP contribution in [-0.4, -0.2) is 22.3 Å². The third-order valence-electron chi connectivity index (χ3n) is 4.57. The third-order valence-corrected chi connectivity index (χ3v) is 4.57. The highest BCUT2D eigenvalue weighted by Gasteiger charge is 2.21. The number of rotatable bonds is 4. The summed E-state index contributed by atoms with van der Waals surface area (Å²) >= 11 is 0. The van der Waals surface area contributed by atoms with E-state index in [1.165, 1.54) is 23.8 Å². The van der Waals surface area contributed by atoms with Crippen LogP contribution in [0.2, 0.25) is 0 Å². The van der Waals surface area contributed by atoms with E-state index in [2.05, 4.69) is 11.9 Å². The highest BCUT2D eigenvalue weighted by molar-refractivity contribution is 5.76. The molecule has 3 rings (SSSR count). The van der Waals surface area contributed by atoms with Crippen LogP contribution in [0.15, 0.2) is 33.9 Å². The number of nitrogens with one attached hydrogen (secondary N) is 1. The van der Waals surface area contributed by atoms with Crippen LogP contribution in [0.4, 0.5) is 0 Å². The lowest BCUT2D eigenvalue weighted by Gasteiger charge is -2.28. The Morgan fingerprint density at radius 2 is 2.00 bits per heavy atom.